The van der Waals surface area contributed by atoms with E-state index in [0.717, 1.165) is 27.7 Å². The lowest BCUT2D eigenvalue weighted by Gasteiger charge is -2.10. The number of nitrogens with one attached hydrogen (secondary N) is 1. The van der Waals surface area contributed by atoms with Crippen LogP contribution in [0.2, 0.25) is 0 Å². The molecule has 0 atom stereocenters. The fourth-order valence-corrected chi connectivity index (χ4v) is 4.10. The number of hydrogen-bond acceptors (Lipinski definition) is 3. The molecule has 0 aliphatic rings. The Morgan fingerprint density at radius 3 is 2.71 bits per heavy atom. The maximum atomic E-state index is 12.5. The van der Waals surface area contributed by atoms with Gasteiger partial charge in [-0.3, -0.25) is 0 Å². The summed E-state index contributed by atoms with van der Waals surface area (Å²) in [5.41, 5.74) is 4.73. The smallest absolute Gasteiger partial charge is 0.240 e. The van der Waals surface area contributed by atoms with E-state index < -0.39 is 10.0 Å². The van der Waals surface area contributed by atoms with Gasteiger partial charge in [-0.2, -0.15) is 0 Å². The number of aromatic nitrogens is 2. The molecule has 0 amide bonds. The Labute approximate surface area is 142 Å². The SMILES string of the molecule is Cc1ccc(C)c(S(=O)(=O)NCCc2ccc3c(c2)ncn3C)c1. The monoisotopic (exact) mass is 343 g/mol. The van der Waals surface area contributed by atoms with Crippen LogP contribution < -0.4 is 4.72 Å². The van der Waals surface area contributed by atoms with Crippen LogP contribution in [0.25, 0.3) is 11.0 Å². The van der Waals surface area contributed by atoms with Gasteiger partial charge in [0.1, 0.15) is 0 Å². The molecule has 0 fully saturated rings. The molecule has 1 N–H and O–H groups in total. The first-order valence-electron chi connectivity index (χ1n) is 7.84. The number of hydrogen-bond donors (Lipinski definition) is 1. The molecule has 0 spiro atoms. The molecule has 1 heterocycles. The lowest BCUT2D eigenvalue weighted by molar-refractivity contribution is 0.581. The Balaban J connectivity index is 1.71. The van der Waals surface area contributed by atoms with Crippen molar-refractivity contribution in [1.29, 1.82) is 0 Å². The number of aryl methyl sites for hydroxylation is 3. The predicted molar refractivity (Wildman–Crippen MR) is 95.5 cm³/mol. The number of nitrogens with zero attached hydrogens (tertiary/aromatic N) is 2. The van der Waals surface area contributed by atoms with Gasteiger partial charge in [0.05, 0.1) is 22.3 Å². The molecular weight excluding hydrogens is 322 g/mol. The Kier molecular flexibility index (Phi) is 4.43. The van der Waals surface area contributed by atoms with E-state index in [1.807, 2.05) is 55.8 Å². The highest BCUT2D eigenvalue weighted by atomic mass is 32.2. The van der Waals surface area contributed by atoms with E-state index in [0.29, 0.717) is 17.9 Å². The second-order valence-electron chi connectivity index (χ2n) is 6.10. The van der Waals surface area contributed by atoms with Gasteiger partial charge in [-0.05, 0) is 55.2 Å². The van der Waals surface area contributed by atoms with Gasteiger partial charge >= 0.3 is 0 Å². The van der Waals surface area contributed by atoms with Crippen LogP contribution in [0, 0.1) is 13.8 Å². The summed E-state index contributed by atoms with van der Waals surface area (Å²) in [5, 5.41) is 0. The van der Waals surface area contributed by atoms with E-state index in [1.54, 1.807) is 12.4 Å². The van der Waals surface area contributed by atoms with Gasteiger partial charge in [-0.25, -0.2) is 18.1 Å². The highest BCUT2D eigenvalue weighted by Gasteiger charge is 2.16. The summed E-state index contributed by atoms with van der Waals surface area (Å²) in [6.07, 6.45) is 2.40. The highest BCUT2D eigenvalue weighted by molar-refractivity contribution is 7.89. The molecular formula is C18H21N3O2S. The van der Waals surface area contributed by atoms with Gasteiger partial charge < -0.3 is 4.57 Å². The van der Waals surface area contributed by atoms with Crippen molar-refractivity contribution in [3.05, 3.63) is 59.4 Å². The summed E-state index contributed by atoms with van der Waals surface area (Å²) in [6, 6.07) is 11.5. The maximum absolute atomic E-state index is 12.5. The summed E-state index contributed by atoms with van der Waals surface area (Å²) < 4.78 is 29.6. The molecule has 0 saturated carbocycles. The van der Waals surface area contributed by atoms with Crippen molar-refractivity contribution in [1.82, 2.24) is 14.3 Å². The fourth-order valence-electron chi connectivity index (χ4n) is 2.74. The molecule has 126 valence electrons. The van der Waals surface area contributed by atoms with Gasteiger partial charge in [0.25, 0.3) is 0 Å². The molecule has 0 saturated heterocycles. The number of imidazole rings is 1. The van der Waals surface area contributed by atoms with Crippen LogP contribution in [0.4, 0.5) is 0 Å². The Hall–Kier alpha value is -2.18. The Morgan fingerprint density at radius 1 is 1.12 bits per heavy atom. The fraction of sp³-hybridized carbons (Fsp3) is 0.278. The lowest BCUT2D eigenvalue weighted by Crippen LogP contribution is -2.26. The van der Waals surface area contributed by atoms with Crippen LogP contribution in [0.15, 0.2) is 47.6 Å². The third kappa shape index (κ3) is 3.34. The second-order valence-corrected chi connectivity index (χ2v) is 7.83. The van der Waals surface area contributed by atoms with Gasteiger partial charge in [-0.1, -0.05) is 18.2 Å². The van der Waals surface area contributed by atoms with Gasteiger partial charge in [0.2, 0.25) is 10.0 Å². The molecule has 6 heteroatoms. The first kappa shape index (κ1) is 16.7. The van der Waals surface area contributed by atoms with E-state index in [2.05, 4.69) is 9.71 Å². The van der Waals surface area contributed by atoms with Crippen LogP contribution in [-0.4, -0.2) is 24.5 Å². The number of benzene rings is 2. The largest absolute Gasteiger partial charge is 0.334 e. The summed E-state index contributed by atoms with van der Waals surface area (Å²) in [5.74, 6) is 0. The lowest BCUT2D eigenvalue weighted by atomic mass is 10.1. The number of fused-ring (bicyclic) bond motifs is 1. The minimum atomic E-state index is -3.49. The second kappa shape index (κ2) is 6.37. The summed E-state index contributed by atoms with van der Waals surface area (Å²) in [4.78, 5) is 4.68. The molecule has 0 unspecified atom stereocenters. The predicted octanol–water partition coefficient (Wildman–Crippen LogP) is 2.71. The molecule has 0 radical (unpaired) electrons. The Bertz CT molecular complexity index is 991. The van der Waals surface area contributed by atoms with Crippen LogP contribution >= 0.6 is 0 Å². The first-order valence-corrected chi connectivity index (χ1v) is 9.32. The molecule has 5 nitrogen and oxygen atoms in total. The molecule has 2 aromatic carbocycles. The van der Waals surface area contributed by atoms with Crippen molar-refractivity contribution < 1.29 is 8.42 Å². The average molecular weight is 343 g/mol. The van der Waals surface area contributed by atoms with Gasteiger partial charge in [0, 0.05) is 13.6 Å². The minimum Gasteiger partial charge on any atom is -0.334 e. The first-order chi connectivity index (χ1) is 11.4. The van der Waals surface area contributed by atoms with Crippen LogP contribution in [-0.2, 0) is 23.5 Å². The Morgan fingerprint density at radius 2 is 1.92 bits per heavy atom. The maximum Gasteiger partial charge on any atom is 0.240 e. The van der Waals surface area contributed by atoms with Crippen molar-refractivity contribution in [2.24, 2.45) is 7.05 Å². The zero-order valence-corrected chi connectivity index (χ0v) is 14.9. The minimum absolute atomic E-state index is 0.350. The highest BCUT2D eigenvalue weighted by Crippen LogP contribution is 2.17. The van der Waals surface area contributed by atoms with Crippen molar-refractivity contribution in [2.45, 2.75) is 25.2 Å². The van der Waals surface area contributed by atoms with Crippen LogP contribution in [0.5, 0.6) is 0 Å². The third-order valence-corrected chi connectivity index (χ3v) is 5.73. The number of rotatable bonds is 5. The van der Waals surface area contributed by atoms with E-state index in [1.165, 1.54) is 0 Å². The van der Waals surface area contributed by atoms with Crippen molar-refractivity contribution in [3.63, 3.8) is 0 Å². The molecule has 0 aliphatic carbocycles. The number of sulfonamides is 1. The molecule has 24 heavy (non-hydrogen) atoms. The van der Waals surface area contributed by atoms with E-state index in [9.17, 15) is 8.42 Å². The van der Waals surface area contributed by atoms with E-state index >= 15 is 0 Å². The normalized spacial score (nSPS) is 12.0. The molecule has 3 rings (SSSR count). The van der Waals surface area contributed by atoms with Crippen molar-refractivity contribution >= 4 is 21.1 Å². The summed E-state index contributed by atoms with van der Waals surface area (Å²) in [6.45, 7) is 4.05. The standard InChI is InChI=1S/C18H21N3O2S/c1-13-4-5-14(2)18(10-13)24(22,23)20-9-8-15-6-7-17-16(11-15)19-12-21(17)3/h4-7,10-12,20H,8-9H2,1-3H3. The molecule has 0 aliphatic heterocycles. The van der Waals surface area contributed by atoms with Gasteiger partial charge in [0.15, 0.2) is 0 Å². The zero-order chi connectivity index (χ0) is 17.3. The van der Waals surface area contributed by atoms with Crippen LogP contribution in [0.3, 0.4) is 0 Å². The quantitative estimate of drug-likeness (QED) is 0.775. The average Bonchev–Trinajstić information content (AvgIpc) is 2.90. The summed E-state index contributed by atoms with van der Waals surface area (Å²) in [7, 11) is -1.54. The van der Waals surface area contributed by atoms with E-state index in [4.69, 9.17) is 0 Å². The molecule has 1 aromatic heterocycles. The van der Waals surface area contributed by atoms with Crippen LogP contribution in [0.1, 0.15) is 16.7 Å². The molecule has 0 bridgehead atoms. The third-order valence-electron chi connectivity index (χ3n) is 4.13. The van der Waals surface area contributed by atoms with E-state index in [-0.39, 0.29) is 0 Å². The van der Waals surface area contributed by atoms with Gasteiger partial charge in [-0.15, -0.1) is 0 Å². The topological polar surface area (TPSA) is 64.0 Å². The summed E-state index contributed by atoms with van der Waals surface area (Å²) >= 11 is 0. The zero-order valence-electron chi connectivity index (χ0n) is 14.1. The molecule has 3 aromatic rings. The van der Waals surface area contributed by atoms with Crippen molar-refractivity contribution in [2.75, 3.05) is 6.54 Å². The van der Waals surface area contributed by atoms with Crippen molar-refractivity contribution in [3.8, 4) is 0 Å².